The Labute approximate surface area is 170 Å². The maximum atomic E-state index is 13.5. The third kappa shape index (κ3) is 5.04. The number of nitrogens with zero attached hydrogens (tertiary/aromatic N) is 3. The largest absolute Gasteiger partial charge is 0.338 e. The summed E-state index contributed by atoms with van der Waals surface area (Å²) < 4.78 is 26.7. The Bertz CT molecular complexity index is 793. The number of rotatable bonds is 5. The number of likely N-dealkylation sites (N-methyl/N-ethyl adjacent to an activating group) is 1. The number of nitrogens with one attached hydrogen (secondary N) is 1. The first-order chi connectivity index (χ1) is 13.0. The standard InChI is InChI=1S/C20H24F2N4O.ClH/c1-14(15-5-6-17(21)18(22)10-15)25(2)20(27)13-26-9-8-24-12-19(26)16-4-3-7-23-11-16;/h3-7,10-11,14,19,24H,8-9,12-13H2,1-2H3;1H. The molecule has 0 radical (unpaired) electrons. The van der Waals surface area contributed by atoms with Gasteiger partial charge in [0.25, 0.3) is 0 Å². The SMILES string of the molecule is CC(c1ccc(F)c(F)c1)N(C)C(=O)CN1CCNCC1c1cccnc1.Cl. The first-order valence-electron chi connectivity index (χ1n) is 9.02. The van der Waals surface area contributed by atoms with Gasteiger partial charge in [0.05, 0.1) is 12.6 Å². The van der Waals surface area contributed by atoms with E-state index in [-0.39, 0.29) is 36.9 Å². The Hall–Kier alpha value is -2.09. The van der Waals surface area contributed by atoms with E-state index in [9.17, 15) is 13.6 Å². The monoisotopic (exact) mass is 410 g/mol. The van der Waals surface area contributed by atoms with Gasteiger partial charge in [0.15, 0.2) is 11.6 Å². The lowest BCUT2D eigenvalue weighted by molar-refractivity contribution is -0.133. The molecule has 0 saturated carbocycles. The molecule has 1 saturated heterocycles. The fraction of sp³-hybridized carbons (Fsp3) is 0.400. The van der Waals surface area contributed by atoms with Gasteiger partial charge in [0.1, 0.15) is 0 Å². The van der Waals surface area contributed by atoms with Crippen molar-refractivity contribution >= 4 is 18.3 Å². The molecule has 0 bridgehead atoms. The number of hydrogen-bond donors (Lipinski definition) is 1. The Balaban J connectivity index is 0.00000280. The van der Waals surface area contributed by atoms with E-state index in [2.05, 4.69) is 15.2 Å². The summed E-state index contributed by atoms with van der Waals surface area (Å²) in [4.78, 5) is 20.7. The lowest BCUT2D eigenvalue weighted by Crippen LogP contribution is -2.50. The van der Waals surface area contributed by atoms with Gasteiger partial charge in [-0.15, -0.1) is 12.4 Å². The number of pyridine rings is 1. The Morgan fingerprint density at radius 3 is 2.82 bits per heavy atom. The molecule has 3 rings (SSSR count). The van der Waals surface area contributed by atoms with E-state index in [1.165, 1.54) is 6.07 Å². The topological polar surface area (TPSA) is 48.5 Å². The molecule has 152 valence electrons. The van der Waals surface area contributed by atoms with Crippen LogP contribution in [0.5, 0.6) is 0 Å². The normalized spacial score (nSPS) is 18.2. The van der Waals surface area contributed by atoms with Crippen molar-refractivity contribution in [2.45, 2.75) is 19.0 Å². The molecule has 28 heavy (non-hydrogen) atoms. The van der Waals surface area contributed by atoms with Crippen LogP contribution in [-0.4, -0.2) is 53.9 Å². The van der Waals surface area contributed by atoms with Crippen molar-refractivity contribution in [3.05, 3.63) is 65.5 Å². The smallest absolute Gasteiger partial charge is 0.237 e. The fourth-order valence-electron chi connectivity index (χ4n) is 3.33. The molecule has 0 aliphatic carbocycles. The molecule has 1 aromatic carbocycles. The average molecular weight is 411 g/mol. The van der Waals surface area contributed by atoms with Crippen molar-refractivity contribution in [1.29, 1.82) is 0 Å². The second-order valence-corrected chi connectivity index (χ2v) is 6.83. The quantitative estimate of drug-likeness (QED) is 0.823. The van der Waals surface area contributed by atoms with Gasteiger partial charge in [-0.2, -0.15) is 0 Å². The van der Waals surface area contributed by atoms with E-state index in [0.717, 1.165) is 37.3 Å². The number of benzene rings is 1. The zero-order chi connectivity index (χ0) is 19.4. The number of aromatic nitrogens is 1. The van der Waals surface area contributed by atoms with Gasteiger partial charge < -0.3 is 10.2 Å². The Morgan fingerprint density at radius 1 is 1.36 bits per heavy atom. The summed E-state index contributed by atoms with van der Waals surface area (Å²) in [5, 5.41) is 3.35. The van der Waals surface area contributed by atoms with Gasteiger partial charge in [-0.3, -0.25) is 14.7 Å². The van der Waals surface area contributed by atoms with E-state index in [0.29, 0.717) is 5.56 Å². The minimum absolute atomic E-state index is 0. The van der Waals surface area contributed by atoms with Crippen LogP contribution < -0.4 is 5.32 Å². The van der Waals surface area contributed by atoms with Crippen LogP contribution in [0.25, 0.3) is 0 Å². The minimum atomic E-state index is -0.904. The highest BCUT2D eigenvalue weighted by Gasteiger charge is 2.28. The minimum Gasteiger partial charge on any atom is -0.338 e. The van der Waals surface area contributed by atoms with Crippen molar-refractivity contribution in [3.8, 4) is 0 Å². The molecule has 5 nitrogen and oxygen atoms in total. The molecule has 1 aliphatic heterocycles. The van der Waals surface area contributed by atoms with Gasteiger partial charge >= 0.3 is 0 Å². The van der Waals surface area contributed by atoms with Gasteiger partial charge in [-0.1, -0.05) is 12.1 Å². The zero-order valence-corrected chi connectivity index (χ0v) is 16.8. The van der Waals surface area contributed by atoms with Crippen molar-refractivity contribution in [1.82, 2.24) is 20.1 Å². The Kier molecular flexibility index (Phi) is 7.86. The van der Waals surface area contributed by atoms with Crippen LogP contribution in [0.3, 0.4) is 0 Å². The van der Waals surface area contributed by atoms with Crippen molar-refractivity contribution in [2.75, 3.05) is 33.2 Å². The van der Waals surface area contributed by atoms with Crippen LogP contribution in [0.2, 0.25) is 0 Å². The van der Waals surface area contributed by atoms with Gasteiger partial charge in [-0.25, -0.2) is 8.78 Å². The molecule has 2 heterocycles. The average Bonchev–Trinajstić information content (AvgIpc) is 2.70. The summed E-state index contributed by atoms with van der Waals surface area (Å²) in [5.74, 6) is -1.86. The summed E-state index contributed by atoms with van der Waals surface area (Å²) in [5.41, 5.74) is 1.63. The van der Waals surface area contributed by atoms with Crippen molar-refractivity contribution < 1.29 is 13.6 Å². The second-order valence-electron chi connectivity index (χ2n) is 6.83. The predicted octanol–water partition coefficient (Wildman–Crippen LogP) is 2.95. The summed E-state index contributed by atoms with van der Waals surface area (Å²) in [6.07, 6.45) is 3.55. The fourth-order valence-corrected chi connectivity index (χ4v) is 3.33. The molecule has 0 spiro atoms. The molecular weight excluding hydrogens is 386 g/mol. The van der Waals surface area contributed by atoms with Crippen molar-refractivity contribution in [3.63, 3.8) is 0 Å². The summed E-state index contributed by atoms with van der Waals surface area (Å²) >= 11 is 0. The van der Waals surface area contributed by atoms with Gasteiger partial charge in [0.2, 0.25) is 5.91 Å². The highest BCUT2D eigenvalue weighted by atomic mass is 35.5. The highest BCUT2D eigenvalue weighted by Crippen LogP contribution is 2.24. The van der Waals surface area contributed by atoms with Crippen LogP contribution >= 0.6 is 12.4 Å². The van der Waals surface area contributed by atoms with Crippen LogP contribution in [0.4, 0.5) is 8.78 Å². The molecule has 1 fully saturated rings. The first kappa shape index (κ1) is 22.2. The third-order valence-corrected chi connectivity index (χ3v) is 5.16. The third-order valence-electron chi connectivity index (χ3n) is 5.16. The highest BCUT2D eigenvalue weighted by molar-refractivity contribution is 5.85. The summed E-state index contributed by atoms with van der Waals surface area (Å²) in [6.45, 7) is 4.37. The number of piperazine rings is 1. The van der Waals surface area contributed by atoms with E-state index in [1.54, 1.807) is 25.1 Å². The van der Waals surface area contributed by atoms with Crippen LogP contribution in [0.1, 0.15) is 30.1 Å². The maximum absolute atomic E-state index is 13.5. The number of hydrogen-bond acceptors (Lipinski definition) is 4. The van der Waals surface area contributed by atoms with Crippen LogP contribution in [-0.2, 0) is 4.79 Å². The van der Waals surface area contributed by atoms with Gasteiger partial charge in [-0.05, 0) is 36.2 Å². The molecule has 1 aliphatic rings. The van der Waals surface area contributed by atoms with Gasteiger partial charge in [0, 0.05) is 45.1 Å². The Morgan fingerprint density at radius 2 is 2.14 bits per heavy atom. The number of halogens is 3. The molecule has 2 unspecified atom stereocenters. The predicted molar refractivity (Wildman–Crippen MR) is 106 cm³/mol. The molecule has 1 amide bonds. The molecule has 2 atom stereocenters. The first-order valence-corrected chi connectivity index (χ1v) is 9.02. The van der Waals surface area contributed by atoms with Crippen LogP contribution in [0, 0.1) is 11.6 Å². The van der Waals surface area contributed by atoms with Crippen LogP contribution in [0.15, 0.2) is 42.7 Å². The molecule has 1 aromatic heterocycles. The van der Waals surface area contributed by atoms with E-state index in [1.807, 2.05) is 18.3 Å². The van der Waals surface area contributed by atoms with E-state index in [4.69, 9.17) is 0 Å². The molecule has 8 heteroatoms. The second kappa shape index (κ2) is 9.91. The molecule has 1 N–H and O–H groups in total. The number of amides is 1. The molecular formula is C20H25ClF2N4O. The lowest BCUT2D eigenvalue weighted by Gasteiger charge is -2.37. The number of carbonyl (C=O) groups is 1. The van der Waals surface area contributed by atoms with E-state index >= 15 is 0 Å². The molecule has 2 aromatic rings. The summed E-state index contributed by atoms with van der Waals surface area (Å²) in [7, 11) is 1.69. The number of carbonyl (C=O) groups excluding carboxylic acids is 1. The van der Waals surface area contributed by atoms with Crippen molar-refractivity contribution in [2.24, 2.45) is 0 Å². The lowest BCUT2D eigenvalue weighted by atomic mass is 10.0. The van der Waals surface area contributed by atoms with E-state index < -0.39 is 11.6 Å². The summed E-state index contributed by atoms with van der Waals surface area (Å²) in [6, 6.07) is 7.37. The zero-order valence-electron chi connectivity index (χ0n) is 15.9. The maximum Gasteiger partial charge on any atom is 0.237 e.